The zero-order valence-corrected chi connectivity index (χ0v) is 7.00. The van der Waals surface area contributed by atoms with Crippen LogP contribution in [0.15, 0.2) is 0 Å². The summed E-state index contributed by atoms with van der Waals surface area (Å²) in [7, 11) is 0. The number of carbonyl (C=O) groups excluding carboxylic acids is 1. The molecule has 10 heavy (non-hydrogen) atoms. The minimum absolute atomic E-state index is 0.0725. The highest BCUT2D eigenvalue weighted by Crippen LogP contribution is 2.54. The van der Waals surface area contributed by atoms with Gasteiger partial charge in [0.25, 0.3) is 0 Å². The molecule has 0 aromatic rings. The molecule has 2 saturated carbocycles. The maximum atomic E-state index is 11.3. The number of Topliss-reactive ketones (excluding diaryl/α,β-unsaturated/α-hetero) is 1. The van der Waals surface area contributed by atoms with E-state index in [-0.39, 0.29) is 5.78 Å². The summed E-state index contributed by atoms with van der Waals surface area (Å²) < 4.78 is 0. The number of halogens is 2. The lowest BCUT2D eigenvalue weighted by Crippen LogP contribution is -2.27. The second-order valence-corrected chi connectivity index (χ2v) is 4.71. The molecule has 3 heteroatoms. The second kappa shape index (κ2) is 1.70. The summed E-state index contributed by atoms with van der Waals surface area (Å²) in [6.07, 6.45) is 3.10. The Morgan fingerprint density at radius 3 is 1.40 bits per heavy atom. The first-order valence-electron chi connectivity index (χ1n) is 3.50. The Morgan fingerprint density at radius 1 is 1.00 bits per heavy atom. The molecule has 1 nitrogen and oxygen atoms in total. The van der Waals surface area contributed by atoms with Crippen LogP contribution in [0.3, 0.4) is 0 Å². The molecule has 0 aromatic heterocycles. The summed E-state index contributed by atoms with van der Waals surface area (Å²) >= 11 is 12.0. The highest BCUT2D eigenvalue weighted by atomic mass is 35.5. The molecule has 0 aliphatic heterocycles. The molecule has 2 bridgehead atoms. The lowest BCUT2D eigenvalue weighted by Gasteiger charge is -2.15. The standard InChI is InChI=1S/C7H8Cl2O/c8-6-1-2-7(9,4-3-6)5(6)10/h1-4H2. The van der Waals surface area contributed by atoms with E-state index in [0.29, 0.717) is 0 Å². The van der Waals surface area contributed by atoms with Crippen LogP contribution in [-0.2, 0) is 4.79 Å². The summed E-state index contributed by atoms with van der Waals surface area (Å²) in [5, 5.41) is 0. The number of hydrogen-bond donors (Lipinski definition) is 0. The maximum Gasteiger partial charge on any atom is 0.174 e. The van der Waals surface area contributed by atoms with Gasteiger partial charge in [0.05, 0.1) is 0 Å². The lowest BCUT2D eigenvalue weighted by atomic mass is 10.00. The van der Waals surface area contributed by atoms with Gasteiger partial charge >= 0.3 is 0 Å². The Balaban J connectivity index is 2.43. The van der Waals surface area contributed by atoms with E-state index in [1.807, 2.05) is 0 Å². The van der Waals surface area contributed by atoms with Crippen LogP contribution in [-0.4, -0.2) is 15.5 Å². The fraction of sp³-hybridized carbons (Fsp3) is 0.857. The fourth-order valence-corrected chi connectivity index (χ4v) is 2.69. The van der Waals surface area contributed by atoms with Crippen LogP contribution < -0.4 is 0 Å². The quantitative estimate of drug-likeness (QED) is 0.520. The lowest BCUT2D eigenvalue weighted by molar-refractivity contribution is -0.119. The predicted molar refractivity (Wildman–Crippen MR) is 40.6 cm³/mol. The van der Waals surface area contributed by atoms with Crippen LogP contribution in [0.2, 0.25) is 0 Å². The summed E-state index contributed by atoms with van der Waals surface area (Å²) in [5.41, 5.74) is 0. The molecular weight excluding hydrogens is 171 g/mol. The van der Waals surface area contributed by atoms with Crippen molar-refractivity contribution >= 4 is 29.0 Å². The van der Waals surface area contributed by atoms with E-state index in [2.05, 4.69) is 0 Å². The van der Waals surface area contributed by atoms with Crippen LogP contribution in [0.1, 0.15) is 25.7 Å². The molecule has 2 aliphatic rings. The van der Waals surface area contributed by atoms with Crippen molar-refractivity contribution in [3.05, 3.63) is 0 Å². The first kappa shape index (κ1) is 6.93. The van der Waals surface area contributed by atoms with Crippen LogP contribution in [0.5, 0.6) is 0 Å². The van der Waals surface area contributed by atoms with Gasteiger partial charge < -0.3 is 0 Å². The second-order valence-electron chi connectivity index (χ2n) is 3.26. The molecule has 2 fully saturated rings. The zero-order valence-electron chi connectivity index (χ0n) is 5.49. The number of rotatable bonds is 0. The van der Waals surface area contributed by atoms with E-state index in [1.165, 1.54) is 0 Å². The van der Waals surface area contributed by atoms with Crippen molar-refractivity contribution in [2.45, 2.75) is 35.4 Å². The molecule has 0 spiro atoms. The first-order valence-corrected chi connectivity index (χ1v) is 4.25. The van der Waals surface area contributed by atoms with Gasteiger partial charge in [-0.05, 0) is 25.7 Å². The molecular formula is C7H8Cl2O. The van der Waals surface area contributed by atoms with E-state index in [0.717, 1.165) is 25.7 Å². The smallest absolute Gasteiger partial charge is 0.174 e. The van der Waals surface area contributed by atoms with Crippen molar-refractivity contribution in [2.24, 2.45) is 0 Å². The highest BCUT2D eigenvalue weighted by Gasteiger charge is 2.60. The summed E-state index contributed by atoms with van der Waals surface area (Å²) in [5.74, 6) is 0.0725. The molecule has 0 N–H and O–H groups in total. The molecule has 0 amide bonds. The molecule has 56 valence electrons. The van der Waals surface area contributed by atoms with Crippen molar-refractivity contribution in [3.63, 3.8) is 0 Å². The number of carbonyl (C=O) groups is 1. The van der Waals surface area contributed by atoms with E-state index in [1.54, 1.807) is 0 Å². The van der Waals surface area contributed by atoms with Gasteiger partial charge in [-0.3, -0.25) is 4.79 Å². The minimum Gasteiger partial charge on any atom is -0.296 e. The average molecular weight is 179 g/mol. The summed E-state index contributed by atoms with van der Waals surface area (Å²) in [4.78, 5) is 10.2. The molecule has 2 aliphatic carbocycles. The minimum atomic E-state index is -0.568. The molecule has 0 aromatic carbocycles. The maximum absolute atomic E-state index is 11.3. The fourth-order valence-electron chi connectivity index (χ4n) is 1.90. The first-order chi connectivity index (χ1) is 4.57. The van der Waals surface area contributed by atoms with Crippen molar-refractivity contribution < 1.29 is 4.79 Å². The van der Waals surface area contributed by atoms with E-state index >= 15 is 0 Å². The zero-order chi connectivity index (χ0) is 7.41. The number of ketones is 1. The number of hydrogen-bond acceptors (Lipinski definition) is 1. The normalized spacial score (nSPS) is 52.4. The van der Waals surface area contributed by atoms with Gasteiger partial charge in [-0.2, -0.15) is 0 Å². The summed E-state index contributed by atoms with van der Waals surface area (Å²) in [6.45, 7) is 0. The topological polar surface area (TPSA) is 17.1 Å². The van der Waals surface area contributed by atoms with Crippen LogP contribution in [0, 0.1) is 0 Å². The monoisotopic (exact) mass is 178 g/mol. The van der Waals surface area contributed by atoms with Gasteiger partial charge in [0, 0.05) is 0 Å². The van der Waals surface area contributed by atoms with Gasteiger partial charge in [-0.25, -0.2) is 0 Å². The van der Waals surface area contributed by atoms with Gasteiger partial charge in [0.1, 0.15) is 9.75 Å². The third-order valence-corrected chi connectivity index (χ3v) is 3.75. The third kappa shape index (κ3) is 0.629. The Morgan fingerprint density at radius 2 is 1.30 bits per heavy atom. The summed E-state index contributed by atoms with van der Waals surface area (Å²) in [6, 6.07) is 0. The van der Waals surface area contributed by atoms with Crippen molar-refractivity contribution in [1.82, 2.24) is 0 Å². The van der Waals surface area contributed by atoms with Crippen LogP contribution in [0.25, 0.3) is 0 Å². The number of fused-ring (bicyclic) bond motifs is 2. The number of alkyl halides is 2. The Kier molecular flexibility index (Phi) is 1.18. The SMILES string of the molecule is O=C1C2(Cl)CCC1(Cl)CC2. The molecule has 0 heterocycles. The van der Waals surface area contributed by atoms with E-state index < -0.39 is 9.75 Å². The van der Waals surface area contributed by atoms with Crippen molar-refractivity contribution in [2.75, 3.05) is 0 Å². The van der Waals surface area contributed by atoms with Crippen molar-refractivity contribution in [3.8, 4) is 0 Å². The van der Waals surface area contributed by atoms with Crippen molar-refractivity contribution in [1.29, 1.82) is 0 Å². The Hall–Kier alpha value is 0.250. The van der Waals surface area contributed by atoms with Gasteiger partial charge in [0.15, 0.2) is 5.78 Å². The van der Waals surface area contributed by atoms with Gasteiger partial charge in [-0.15, -0.1) is 23.2 Å². The third-order valence-electron chi connectivity index (χ3n) is 2.65. The molecule has 0 radical (unpaired) electrons. The van der Waals surface area contributed by atoms with Crippen LogP contribution >= 0.6 is 23.2 Å². The van der Waals surface area contributed by atoms with Gasteiger partial charge in [-0.1, -0.05) is 0 Å². The van der Waals surface area contributed by atoms with Gasteiger partial charge in [0.2, 0.25) is 0 Å². The molecule has 2 rings (SSSR count). The van der Waals surface area contributed by atoms with Crippen LogP contribution in [0.4, 0.5) is 0 Å². The molecule has 0 atom stereocenters. The Bertz CT molecular complexity index is 172. The largest absolute Gasteiger partial charge is 0.296 e. The Labute approximate surface area is 69.7 Å². The average Bonchev–Trinajstić information content (AvgIpc) is 2.24. The molecule has 0 saturated heterocycles. The van der Waals surface area contributed by atoms with E-state index in [9.17, 15) is 4.79 Å². The molecule has 0 unspecified atom stereocenters. The van der Waals surface area contributed by atoms with E-state index in [4.69, 9.17) is 23.2 Å². The highest BCUT2D eigenvalue weighted by molar-refractivity contribution is 6.47. The predicted octanol–water partition coefficient (Wildman–Crippen LogP) is 2.10.